The molecule has 0 saturated heterocycles. The summed E-state index contributed by atoms with van der Waals surface area (Å²) in [7, 11) is 0. The van der Waals surface area contributed by atoms with E-state index in [-0.39, 0.29) is 5.91 Å². The quantitative estimate of drug-likeness (QED) is 0.707. The largest absolute Gasteiger partial charge is 0.352 e. The maximum atomic E-state index is 12.3. The molecular formula is C22H21ClN4O. The van der Waals surface area contributed by atoms with Gasteiger partial charge in [-0.3, -0.25) is 4.79 Å². The predicted octanol–water partition coefficient (Wildman–Crippen LogP) is 4.19. The summed E-state index contributed by atoms with van der Waals surface area (Å²) < 4.78 is 0. The van der Waals surface area contributed by atoms with E-state index < -0.39 is 0 Å². The number of nitrogens with zero attached hydrogens (tertiary/aromatic N) is 3. The third-order valence-electron chi connectivity index (χ3n) is 4.86. The van der Waals surface area contributed by atoms with Crippen LogP contribution in [0, 0.1) is 0 Å². The Morgan fingerprint density at radius 1 is 1.07 bits per heavy atom. The number of amides is 1. The molecule has 0 saturated carbocycles. The number of fused-ring (bicyclic) bond motifs is 1. The van der Waals surface area contributed by atoms with Crippen molar-refractivity contribution in [1.82, 2.24) is 15.3 Å². The number of rotatable bonds is 5. The molecule has 28 heavy (non-hydrogen) atoms. The molecule has 4 rings (SSSR count). The normalized spacial score (nSPS) is 13.1. The van der Waals surface area contributed by atoms with Gasteiger partial charge < -0.3 is 10.2 Å². The minimum Gasteiger partial charge on any atom is -0.352 e. The highest BCUT2D eigenvalue weighted by atomic mass is 35.5. The highest BCUT2D eigenvalue weighted by Gasteiger charge is 2.20. The van der Waals surface area contributed by atoms with Crippen LogP contribution in [0.1, 0.15) is 27.9 Å². The molecule has 6 heteroatoms. The Morgan fingerprint density at radius 2 is 1.82 bits per heavy atom. The van der Waals surface area contributed by atoms with Crippen LogP contribution in [0.25, 0.3) is 0 Å². The summed E-state index contributed by atoms with van der Waals surface area (Å²) in [5, 5.41) is 3.62. The number of nitrogens with one attached hydrogen (secondary N) is 1. The number of carbonyl (C=O) groups is 1. The number of aryl methyl sites for hydroxylation is 1. The Morgan fingerprint density at radius 3 is 2.61 bits per heavy atom. The van der Waals surface area contributed by atoms with Crippen molar-refractivity contribution >= 4 is 29.1 Å². The molecule has 3 aromatic rings. The fourth-order valence-electron chi connectivity index (χ4n) is 3.39. The van der Waals surface area contributed by atoms with Crippen molar-refractivity contribution in [3.8, 4) is 0 Å². The molecule has 5 nitrogen and oxygen atoms in total. The van der Waals surface area contributed by atoms with Crippen molar-refractivity contribution in [1.29, 1.82) is 0 Å². The summed E-state index contributed by atoms with van der Waals surface area (Å²) in [4.78, 5) is 23.3. The summed E-state index contributed by atoms with van der Waals surface area (Å²) in [6.45, 7) is 1.42. The van der Waals surface area contributed by atoms with Crippen molar-refractivity contribution in [3.05, 3.63) is 82.6 Å². The summed E-state index contributed by atoms with van der Waals surface area (Å²) in [5.74, 6) is 0.462. The highest BCUT2D eigenvalue weighted by Crippen LogP contribution is 2.30. The molecular weight excluding hydrogens is 372 g/mol. The number of anilines is 2. The lowest BCUT2D eigenvalue weighted by Crippen LogP contribution is -2.28. The van der Waals surface area contributed by atoms with Gasteiger partial charge in [-0.25, -0.2) is 9.97 Å². The van der Waals surface area contributed by atoms with Gasteiger partial charge in [0.15, 0.2) is 0 Å². The lowest BCUT2D eigenvalue weighted by molar-refractivity contribution is 0.0953. The summed E-state index contributed by atoms with van der Waals surface area (Å²) in [6.07, 6.45) is 6.06. The summed E-state index contributed by atoms with van der Waals surface area (Å²) in [6, 6.07) is 15.9. The van der Waals surface area contributed by atoms with Gasteiger partial charge in [0.2, 0.25) is 5.95 Å². The maximum absolute atomic E-state index is 12.3. The van der Waals surface area contributed by atoms with Gasteiger partial charge in [-0.2, -0.15) is 0 Å². The number of hydrogen-bond donors (Lipinski definition) is 1. The van der Waals surface area contributed by atoms with Crippen LogP contribution in [0.3, 0.4) is 0 Å². The second-order valence-corrected chi connectivity index (χ2v) is 7.22. The van der Waals surface area contributed by atoms with E-state index in [0.717, 1.165) is 37.1 Å². The van der Waals surface area contributed by atoms with Crippen LogP contribution in [-0.4, -0.2) is 29.0 Å². The molecule has 0 fully saturated rings. The smallest absolute Gasteiger partial charge is 0.254 e. The van der Waals surface area contributed by atoms with Crippen LogP contribution in [0.15, 0.2) is 60.9 Å². The van der Waals surface area contributed by atoms with Crippen LogP contribution < -0.4 is 10.2 Å². The number of benzene rings is 2. The van der Waals surface area contributed by atoms with Crippen molar-refractivity contribution in [2.75, 3.05) is 18.0 Å². The Bertz CT molecular complexity index is 957. The number of aromatic nitrogens is 2. The van der Waals surface area contributed by atoms with Crippen molar-refractivity contribution < 1.29 is 4.79 Å². The van der Waals surface area contributed by atoms with Crippen molar-refractivity contribution in [2.45, 2.75) is 19.3 Å². The zero-order valence-electron chi connectivity index (χ0n) is 15.4. The summed E-state index contributed by atoms with van der Waals surface area (Å²) in [5.41, 5.74) is 4.04. The van der Waals surface area contributed by atoms with Gasteiger partial charge in [0.05, 0.1) is 5.56 Å². The van der Waals surface area contributed by atoms with E-state index >= 15 is 0 Å². The fraction of sp³-hybridized carbons (Fsp3) is 0.227. The first-order chi connectivity index (χ1) is 13.7. The Balaban J connectivity index is 1.38. The van der Waals surface area contributed by atoms with E-state index in [4.69, 9.17) is 11.6 Å². The van der Waals surface area contributed by atoms with E-state index in [1.807, 2.05) is 30.3 Å². The fourth-order valence-corrected chi connectivity index (χ4v) is 3.52. The minimum absolute atomic E-state index is 0.167. The molecule has 1 N–H and O–H groups in total. The van der Waals surface area contributed by atoms with Gasteiger partial charge in [-0.1, -0.05) is 41.9 Å². The lowest BCUT2D eigenvalue weighted by Gasteiger charge is -2.29. The molecule has 0 unspecified atom stereocenters. The second-order valence-electron chi connectivity index (χ2n) is 6.79. The Labute approximate surface area is 169 Å². The van der Waals surface area contributed by atoms with E-state index in [1.165, 1.54) is 5.56 Å². The molecule has 0 bridgehead atoms. The zero-order valence-corrected chi connectivity index (χ0v) is 16.2. The molecule has 2 heterocycles. The molecule has 1 aliphatic heterocycles. The first-order valence-corrected chi connectivity index (χ1v) is 9.78. The monoisotopic (exact) mass is 392 g/mol. The first kappa shape index (κ1) is 18.4. The molecule has 0 radical (unpaired) electrons. The molecule has 1 aliphatic rings. The summed E-state index contributed by atoms with van der Waals surface area (Å²) >= 11 is 5.89. The topological polar surface area (TPSA) is 58.1 Å². The van der Waals surface area contributed by atoms with E-state index in [1.54, 1.807) is 12.4 Å². The van der Waals surface area contributed by atoms with Crippen LogP contribution >= 0.6 is 11.6 Å². The third-order valence-corrected chi connectivity index (χ3v) is 5.12. The van der Waals surface area contributed by atoms with Crippen LogP contribution in [-0.2, 0) is 12.8 Å². The predicted molar refractivity (Wildman–Crippen MR) is 111 cm³/mol. The van der Waals surface area contributed by atoms with Crippen LogP contribution in [0.4, 0.5) is 11.6 Å². The van der Waals surface area contributed by atoms with Crippen LogP contribution in [0.2, 0.25) is 5.02 Å². The first-order valence-electron chi connectivity index (χ1n) is 9.41. The number of hydrogen-bond acceptors (Lipinski definition) is 4. The molecule has 2 aromatic carbocycles. The van der Waals surface area contributed by atoms with Gasteiger partial charge in [0.25, 0.3) is 5.91 Å². The van der Waals surface area contributed by atoms with Gasteiger partial charge in [0.1, 0.15) is 0 Å². The highest BCUT2D eigenvalue weighted by molar-refractivity contribution is 6.30. The van der Waals surface area contributed by atoms with Gasteiger partial charge in [-0.15, -0.1) is 0 Å². The SMILES string of the molecule is O=C(NCCc1ccc(Cl)cc1)c1cnc(N2CCCc3ccccc32)nc1. The standard InChI is InChI=1S/C22H21ClN4O/c23-19-9-7-16(8-10-19)11-12-24-21(28)18-14-25-22(26-15-18)27-13-3-5-17-4-1-2-6-20(17)27/h1-2,4,6-10,14-15H,3,5,11-13H2,(H,24,28). The second kappa shape index (κ2) is 8.40. The molecule has 1 aromatic heterocycles. The van der Waals surface area contributed by atoms with E-state index in [9.17, 15) is 4.79 Å². The van der Waals surface area contributed by atoms with Crippen molar-refractivity contribution in [2.24, 2.45) is 0 Å². The number of carbonyl (C=O) groups excluding carboxylic acids is 1. The average molecular weight is 393 g/mol. The number of para-hydroxylation sites is 1. The van der Waals surface area contributed by atoms with Gasteiger partial charge >= 0.3 is 0 Å². The van der Waals surface area contributed by atoms with E-state index in [2.05, 4.69) is 38.4 Å². The maximum Gasteiger partial charge on any atom is 0.254 e. The Hall–Kier alpha value is -2.92. The van der Waals surface area contributed by atoms with Gasteiger partial charge in [-0.05, 0) is 48.6 Å². The average Bonchev–Trinajstić information content (AvgIpc) is 2.75. The van der Waals surface area contributed by atoms with E-state index in [0.29, 0.717) is 23.1 Å². The molecule has 1 amide bonds. The van der Waals surface area contributed by atoms with Crippen molar-refractivity contribution in [3.63, 3.8) is 0 Å². The minimum atomic E-state index is -0.167. The molecule has 142 valence electrons. The third kappa shape index (κ3) is 4.15. The Kier molecular flexibility index (Phi) is 5.53. The lowest BCUT2D eigenvalue weighted by atomic mass is 10.0. The molecule has 0 spiro atoms. The van der Waals surface area contributed by atoms with Gasteiger partial charge in [0, 0.05) is 36.2 Å². The zero-order chi connectivity index (χ0) is 19.3. The molecule has 0 atom stereocenters. The molecule has 0 aliphatic carbocycles. The number of halogens is 1. The van der Waals surface area contributed by atoms with Crippen LogP contribution in [0.5, 0.6) is 0 Å².